The lowest BCUT2D eigenvalue weighted by Crippen LogP contribution is -2.01. The van der Waals surface area contributed by atoms with Gasteiger partial charge in [0, 0.05) is 22.3 Å². The number of fused-ring (bicyclic) bond motifs is 3. The minimum Gasteiger partial charge on any atom is -0.257 e. The van der Waals surface area contributed by atoms with Gasteiger partial charge < -0.3 is 0 Å². The SMILES string of the molecule is Cc1ccc2c3c(nc(C)c2c1)CCC=C3. The molecule has 0 saturated carbocycles. The van der Waals surface area contributed by atoms with Crippen LogP contribution in [0.25, 0.3) is 16.8 Å². The number of benzene rings is 1. The van der Waals surface area contributed by atoms with Crippen molar-refractivity contribution in [3.05, 3.63) is 46.8 Å². The number of pyridine rings is 1. The fourth-order valence-corrected chi connectivity index (χ4v) is 2.47. The Kier molecular flexibility index (Phi) is 2.06. The van der Waals surface area contributed by atoms with Gasteiger partial charge in [-0.25, -0.2) is 0 Å². The number of nitrogens with zero attached hydrogens (tertiary/aromatic N) is 1. The number of aryl methyl sites for hydroxylation is 3. The number of hydrogen-bond donors (Lipinski definition) is 0. The summed E-state index contributed by atoms with van der Waals surface area (Å²) in [5.41, 5.74) is 5.05. The maximum absolute atomic E-state index is 4.73. The molecule has 0 unspecified atom stereocenters. The highest BCUT2D eigenvalue weighted by Gasteiger charge is 2.11. The van der Waals surface area contributed by atoms with E-state index < -0.39 is 0 Å². The quantitative estimate of drug-likeness (QED) is 0.643. The van der Waals surface area contributed by atoms with Crippen LogP contribution in [-0.2, 0) is 6.42 Å². The van der Waals surface area contributed by atoms with Gasteiger partial charge in [-0.3, -0.25) is 4.98 Å². The van der Waals surface area contributed by atoms with E-state index in [2.05, 4.69) is 44.2 Å². The van der Waals surface area contributed by atoms with Crippen LogP contribution in [0.3, 0.4) is 0 Å². The molecule has 1 aromatic heterocycles. The van der Waals surface area contributed by atoms with Gasteiger partial charge in [0.25, 0.3) is 0 Å². The molecule has 80 valence electrons. The van der Waals surface area contributed by atoms with Crippen molar-refractivity contribution < 1.29 is 0 Å². The predicted octanol–water partition coefficient (Wildman–Crippen LogP) is 3.81. The first-order valence-corrected chi connectivity index (χ1v) is 5.82. The fraction of sp³-hybridized carbons (Fsp3) is 0.267. The summed E-state index contributed by atoms with van der Waals surface area (Å²) < 4.78 is 0. The fourth-order valence-electron chi connectivity index (χ4n) is 2.47. The molecule has 3 rings (SSSR count). The summed E-state index contributed by atoms with van der Waals surface area (Å²) in [7, 11) is 0. The summed E-state index contributed by atoms with van der Waals surface area (Å²) in [5.74, 6) is 0. The Labute approximate surface area is 95.8 Å². The van der Waals surface area contributed by atoms with Crippen LogP contribution in [0, 0.1) is 13.8 Å². The lowest BCUT2D eigenvalue weighted by Gasteiger charge is -2.14. The topological polar surface area (TPSA) is 12.9 Å². The van der Waals surface area contributed by atoms with Crippen LogP contribution in [0.5, 0.6) is 0 Å². The molecular formula is C15H15N. The minimum absolute atomic E-state index is 1.08. The highest BCUT2D eigenvalue weighted by Crippen LogP contribution is 2.28. The van der Waals surface area contributed by atoms with Gasteiger partial charge in [0.05, 0.1) is 0 Å². The molecule has 0 aliphatic heterocycles. The molecular weight excluding hydrogens is 194 g/mol. The van der Waals surface area contributed by atoms with Gasteiger partial charge in [-0.2, -0.15) is 0 Å². The molecule has 1 nitrogen and oxygen atoms in total. The van der Waals surface area contributed by atoms with Gasteiger partial charge in [0.1, 0.15) is 0 Å². The van der Waals surface area contributed by atoms with Gasteiger partial charge in [-0.15, -0.1) is 0 Å². The standard InChI is InChI=1S/C15H15N/c1-10-7-8-12-13-5-3-4-6-15(13)16-11(2)14(12)9-10/h3,5,7-9H,4,6H2,1-2H3. The van der Waals surface area contributed by atoms with Crippen molar-refractivity contribution in [2.24, 2.45) is 0 Å². The zero-order valence-electron chi connectivity index (χ0n) is 9.75. The van der Waals surface area contributed by atoms with Crippen molar-refractivity contribution in [2.75, 3.05) is 0 Å². The smallest absolute Gasteiger partial charge is 0.0488 e. The van der Waals surface area contributed by atoms with Crippen molar-refractivity contribution >= 4 is 16.8 Å². The van der Waals surface area contributed by atoms with E-state index in [1.165, 1.54) is 27.6 Å². The van der Waals surface area contributed by atoms with Crippen LogP contribution in [0.4, 0.5) is 0 Å². The Hall–Kier alpha value is -1.63. The van der Waals surface area contributed by atoms with Crippen LogP contribution in [0.2, 0.25) is 0 Å². The van der Waals surface area contributed by atoms with E-state index in [0.29, 0.717) is 0 Å². The van der Waals surface area contributed by atoms with Crippen LogP contribution in [0.1, 0.15) is 28.9 Å². The van der Waals surface area contributed by atoms with E-state index in [-0.39, 0.29) is 0 Å². The number of hydrogen-bond acceptors (Lipinski definition) is 1. The summed E-state index contributed by atoms with van der Waals surface area (Å²) >= 11 is 0. The zero-order chi connectivity index (χ0) is 11.1. The van der Waals surface area contributed by atoms with Crippen molar-refractivity contribution in [3.63, 3.8) is 0 Å². The van der Waals surface area contributed by atoms with Crippen molar-refractivity contribution in [2.45, 2.75) is 26.7 Å². The Balaban J connectivity index is 2.44. The van der Waals surface area contributed by atoms with Crippen molar-refractivity contribution in [1.82, 2.24) is 4.98 Å². The molecule has 1 aliphatic rings. The van der Waals surface area contributed by atoms with E-state index >= 15 is 0 Å². The van der Waals surface area contributed by atoms with Crippen molar-refractivity contribution in [1.29, 1.82) is 0 Å². The highest BCUT2D eigenvalue weighted by atomic mass is 14.7. The molecule has 1 heterocycles. The second-order valence-corrected chi connectivity index (χ2v) is 4.55. The van der Waals surface area contributed by atoms with Gasteiger partial charge in [0.2, 0.25) is 0 Å². The first kappa shape index (κ1) is 9.59. The predicted molar refractivity (Wildman–Crippen MR) is 68.6 cm³/mol. The Bertz CT molecular complexity index is 594. The van der Waals surface area contributed by atoms with Crippen LogP contribution in [0.15, 0.2) is 24.3 Å². The number of allylic oxidation sites excluding steroid dienone is 1. The maximum Gasteiger partial charge on any atom is 0.0488 e. The maximum atomic E-state index is 4.73. The molecule has 0 spiro atoms. The van der Waals surface area contributed by atoms with Gasteiger partial charge in [0.15, 0.2) is 0 Å². The normalized spacial score (nSPS) is 14.1. The minimum atomic E-state index is 1.08. The summed E-state index contributed by atoms with van der Waals surface area (Å²) in [6.45, 7) is 4.24. The van der Waals surface area contributed by atoms with E-state index in [9.17, 15) is 0 Å². The molecule has 0 atom stereocenters. The summed E-state index contributed by atoms with van der Waals surface area (Å²) in [6.07, 6.45) is 6.68. The second-order valence-electron chi connectivity index (χ2n) is 4.55. The molecule has 1 aromatic carbocycles. The van der Waals surface area contributed by atoms with E-state index in [4.69, 9.17) is 4.98 Å². The Morgan fingerprint density at radius 3 is 2.88 bits per heavy atom. The molecule has 1 aliphatic carbocycles. The third-order valence-electron chi connectivity index (χ3n) is 3.30. The monoisotopic (exact) mass is 209 g/mol. The summed E-state index contributed by atoms with van der Waals surface area (Å²) in [4.78, 5) is 4.73. The van der Waals surface area contributed by atoms with Crippen LogP contribution in [-0.4, -0.2) is 4.98 Å². The molecule has 0 bridgehead atoms. The lowest BCUT2D eigenvalue weighted by atomic mass is 9.95. The number of aromatic nitrogens is 1. The average molecular weight is 209 g/mol. The zero-order valence-corrected chi connectivity index (χ0v) is 9.75. The first-order valence-electron chi connectivity index (χ1n) is 5.82. The molecule has 2 aromatic rings. The average Bonchev–Trinajstić information content (AvgIpc) is 2.29. The molecule has 0 N–H and O–H groups in total. The summed E-state index contributed by atoms with van der Waals surface area (Å²) in [5, 5.41) is 2.65. The van der Waals surface area contributed by atoms with Gasteiger partial charge in [-0.05, 0) is 38.1 Å². The first-order chi connectivity index (χ1) is 7.75. The number of rotatable bonds is 0. The molecule has 16 heavy (non-hydrogen) atoms. The third-order valence-corrected chi connectivity index (χ3v) is 3.30. The molecule has 0 amide bonds. The molecule has 0 radical (unpaired) electrons. The van der Waals surface area contributed by atoms with Gasteiger partial charge >= 0.3 is 0 Å². The van der Waals surface area contributed by atoms with E-state index in [1.807, 2.05) is 0 Å². The third kappa shape index (κ3) is 1.35. The second kappa shape index (κ2) is 3.44. The molecule has 0 fully saturated rings. The Morgan fingerprint density at radius 2 is 2.00 bits per heavy atom. The van der Waals surface area contributed by atoms with Gasteiger partial charge in [-0.1, -0.05) is 29.8 Å². The van der Waals surface area contributed by atoms with E-state index in [0.717, 1.165) is 18.5 Å². The molecule has 0 saturated heterocycles. The highest BCUT2D eigenvalue weighted by molar-refractivity contribution is 5.93. The Morgan fingerprint density at radius 1 is 1.12 bits per heavy atom. The van der Waals surface area contributed by atoms with E-state index in [1.54, 1.807) is 0 Å². The largest absolute Gasteiger partial charge is 0.257 e. The summed E-state index contributed by atoms with van der Waals surface area (Å²) in [6, 6.07) is 6.65. The lowest BCUT2D eigenvalue weighted by molar-refractivity contribution is 0.922. The van der Waals surface area contributed by atoms with Crippen molar-refractivity contribution in [3.8, 4) is 0 Å². The van der Waals surface area contributed by atoms with Crippen LogP contribution >= 0.6 is 0 Å². The molecule has 1 heteroatoms. The van der Waals surface area contributed by atoms with Crippen LogP contribution < -0.4 is 0 Å².